The first-order valence-corrected chi connectivity index (χ1v) is 13.6. The quantitative estimate of drug-likeness (QED) is 0.298. The molecule has 7 heteroatoms. The number of aliphatic hydroxyl groups is 1. The summed E-state index contributed by atoms with van der Waals surface area (Å²) in [4.78, 5) is 8.13. The van der Waals surface area contributed by atoms with Crippen LogP contribution in [0.25, 0.3) is 10.9 Å². The number of hydrogen-bond donors (Lipinski definition) is 1. The Hall–Kier alpha value is -1.86. The smallest absolute Gasteiger partial charge is 0.127 e. The van der Waals surface area contributed by atoms with Crippen LogP contribution in [-0.2, 0) is 0 Å². The Balaban J connectivity index is 1.34. The first kappa shape index (κ1) is 26.2. The molecule has 1 aliphatic heterocycles. The Morgan fingerprint density at radius 1 is 1.23 bits per heavy atom. The van der Waals surface area contributed by atoms with E-state index in [4.69, 9.17) is 16.3 Å². The van der Waals surface area contributed by atoms with Gasteiger partial charge in [0.1, 0.15) is 11.9 Å². The first-order chi connectivity index (χ1) is 16.9. The van der Waals surface area contributed by atoms with Gasteiger partial charge in [0, 0.05) is 40.9 Å². The molecule has 35 heavy (non-hydrogen) atoms. The number of rotatable bonds is 10. The van der Waals surface area contributed by atoms with Crippen LogP contribution in [0.2, 0.25) is 5.02 Å². The van der Waals surface area contributed by atoms with E-state index < -0.39 is 6.17 Å². The summed E-state index contributed by atoms with van der Waals surface area (Å²) in [6.45, 7) is 5.12. The fourth-order valence-corrected chi connectivity index (χ4v) is 6.24. The van der Waals surface area contributed by atoms with Crippen LogP contribution in [0.1, 0.15) is 43.0 Å². The van der Waals surface area contributed by atoms with Crippen molar-refractivity contribution in [3.63, 3.8) is 0 Å². The lowest BCUT2D eigenvalue weighted by molar-refractivity contribution is 0.0323. The maximum atomic E-state index is 15.6. The van der Waals surface area contributed by atoms with Crippen molar-refractivity contribution in [2.75, 3.05) is 39.1 Å². The van der Waals surface area contributed by atoms with E-state index in [-0.39, 0.29) is 12.0 Å². The van der Waals surface area contributed by atoms with Crippen molar-refractivity contribution in [3.8, 4) is 5.75 Å². The molecule has 0 bridgehead atoms. The van der Waals surface area contributed by atoms with Crippen molar-refractivity contribution in [1.29, 1.82) is 0 Å². The molecule has 0 unspecified atom stereocenters. The zero-order valence-electron chi connectivity index (χ0n) is 20.5. The Bertz CT molecular complexity index is 1140. The molecule has 0 spiro atoms. The highest BCUT2D eigenvalue weighted by molar-refractivity contribution is 7.99. The lowest BCUT2D eigenvalue weighted by atomic mass is 9.74. The molecule has 1 aromatic heterocycles. The third-order valence-corrected chi connectivity index (χ3v) is 8.78. The van der Waals surface area contributed by atoms with Crippen LogP contribution >= 0.6 is 23.4 Å². The van der Waals surface area contributed by atoms with Gasteiger partial charge in [0.2, 0.25) is 0 Å². The van der Waals surface area contributed by atoms with E-state index in [2.05, 4.69) is 41.1 Å². The minimum Gasteiger partial charge on any atom is -0.497 e. The lowest BCUT2D eigenvalue weighted by Gasteiger charge is -2.41. The zero-order valence-corrected chi connectivity index (χ0v) is 22.0. The highest BCUT2D eigenvalue weighted by Crippen LogP contribution is 2.42. The third-order valence-electron chi connectivity index (χ3n) is 7.32. The largest absolute Gasteiger partial charge is 0.497 e. The fourth-order valence-electron chi connectivity index (χ4n) is 4.93. The summed E-state index contributed by atoms with van der Waals surface area (Å²) in [6, 6.07) is 13.9. The van der Waals surface area contributed by atoms with Gasteiger partial charge in [0.15, 0.2) is 0 Å². The number of benzene rings is 2. The van der Waals surface area contributed by atoms with Gasteiger partial charge in [-0.1, -0.05) is 29.8 Å². The number of thioether (sulfide) groups is 1. The number of piperidine rings is 1. The number of ether oxygens (including phenoxy) is 1. The maximum Gasteiger partial charge on any atom is 0.127 e. The van der Waals surface area contributed by atoms with E-state index >= 15 is 4.39 Å². The lowest BCUT2D eigenvalue weighted by Crippen LogP contribution is -2.42. The molecule has 0 saturated carbocycles. The van der Waals surface area contributed by atoms with Crippen molar-refractivity contribution in [2.45, 2.75) is 43.7 Å². The SMILES string of the molecule is COc1ccc2ncc(Cl)c([C@H](F)CCC3(CO)CCN(CCSc4ccccc4C)CC3)c2c1. The van der Waals surface area contributed by atoms with Crippen LogP contribution < -0.4 is 4.74 Å². The van der Waals surface area contributed by atoms with Gasteiger partial charge < -0.3 is 14.7 Å². The van der Waals surface area contributed by atoms with Crippen LogP contribution in [0.3, 0.4) is 0 Å². The number of aryl methyl sites for hydroxylation is 1. The number of likely N-dealkylation sites (tertiary alicyclic amines) is 1. The predicted octanol–water partition coefficient (Wildman–Crippen LogP) is 6.86. The molecule has 1 fully saturated rings. The van der Waals surface area contributed by atoms with Gasteiger partial charge in [-0.2, -0.15) is 0 Å². The third kappa shape index (κ3) is 6.29. The summed E-state index contributed by atoms with van der Waals surface area (Å²) in [5.41, 5.74) is 2.24. The number of halogens is 2. The summed E-state index contributed by atoms with van der Waals surface area (Å²) in [7, 11) is 1.59. The standard InChI is InChI=1S/C28H34ClFN2O2S/c1-20-5-3-4-6-26(20)35-16-15-32-13-11-28(19-33,12-14-32)10-9-24(30)27-22-17-21(34-2)7-8-25(22)31-18-23(27)29/h3-8,17-18,24,33H,9-16,19H2,1-2H3/t24-/m1/s1. The Labute approximate surface area is 216 Å². The van der Waals surface area contributed by atoms with Crippen molar-refractivity contribution in [1.82, 2.24) is 9.88 Å². The molecule has 1 saturated heterocycles. The normalized spacial score (nSPS) is 16.9. The molecule has 0 aliphatic carbocycles. The Morgan fingerprint density at radius 3 is 2.71 bits per heavy atom. The second-order valence-electron chi connectivity index (χ2n) is 9.52. The summed E-state index contributed by atoms with van der Waals surface area (Å²) in [6.07, 6.45) is 2.99. The molecule has 2 heterocycles. The summed E-state index contributed by atoms with van der Waals surface area (Å²) >= 11 is 8.30. The number of pyridine rings is 1. The van der Waals surface area contributed by atoms with Crippen molar-refractivity contribution in [2.24, 2.45) is 5.41 Å². The van der Waals surface area contributed by atoms with Gasteiger partial charge in [-0.05, 0) is 80.9 Å². The van der Waals surface area contributed by atoms with Crippen LogP contribution in [0, 0.1) is 12.3 Å². The van der Waals surface area contributed by atoms with E-state index in [1.165, 1.54) is 16.7 Å². The minimum absolute atomic E-state index is 0.0875. The second-order valence-corrected chi connectivity index (χ2v) is 11.1. The number of aromatic nitrogens is 1. The second kappa shape index (κ2) is 11.9. The molecule has 188 valence electrons. The molecule has 1 N–H and O–H groups in total. The summed E-state index contributed by atoms with van der Waals surface area (Å²) in [5, 5.41) is 11.3. The van der Waals surface area contributed by atoms with Gasteiger partial charge in [0.25, 0.3) is 0 Å². The van der Waals surface area contributed by atoms with E-state index in [0.29, 0.717) is 40.1 Å². The molecule has 3 aromatic rings. The van der Waals surface area contributed by atoms with E-state index in [0.717, 1.165) is 38.2 Å². The molecule has 1 atom stereocenters. The van der Waals surface area contributed by atoms with Gasteiger partial charge in [0.05, 0.1) is 17.6 Å². The molecule has 0 radical (unpaired) electrons. The number of fused-ring (bicyclic) bond motifs is 1. The monoisotopic (exact) mass is 516 g/mol. The molecular weight excluding hydrogens is 483 g/mol. The molecule has 0 amide bonds. The van der Waals surface area contributed by atoms with E-state index in [1.54, 1.807) is 13.2 Å². The number of alkyl halides is 1. The summed E-state index contributed by atoms with van der Waals surface area (Å²) in [5.74, 6) is 1.69. The minimum atomic E-state index is -1.23. The molecule has 4 rings (SSSR count). The summed E-state index contributed by atoms with van der Waals surface area (Å²) < 4.78 is 20.9. The number of methoxy groups -OCH3 is 1. The van der Waals surface area contributed by atoms with Crippen LogP contribution in [0.4, 0.5) is 4.39 Å². The highest BCUT2D eigenvalue weighted by atomic mass is 35.5. The molecule has 1 aliphatic rings. The number of nitrogens with zero attached hydrogens (tertiary/aromatic N) is 2. The maximum absolute atomic E-state index is 15.6. The molecule has 4 nitrogen and oxygen atoms in total. The van der Waals surface area contributed by atoms with Crippen LogP contribution in [-0.4, -0.2) is 54.1 Å². The van der Waals surface area contributed by atoms with E-state index in [9.17, 15) is 5.11 Å². The highest BCUT2D eigenvalue weighted by Gasteiger charge is 2.35. The van der Waals surface area contributed by atoms with Gasteiger partial charge in [-0.15, -0.1) is 11.8 Å². The van der Waals surface area contributed by atoms with Gasteiger partial charge >= 0.3 is 0 Å². The van der Waals surface area contributed by atoms with E-state index in [1.807, 2.05) is 23.9 Å². The average molecular weight is 517 g/mol. The van der Waals surface area contributed by atoms with Gasteiger partial charge in [-0.25, -0.2) is 4.39 Å². The van der Waals surface area contributed by atoms with Crippen molar-refractivity contribution in [3.05, 3.63) is 64.8 Å². The van der Waals surface area contributed by atoms with Gasteiger partial charge in [-0.3, -0.25) is 4.98 Å². The predicted molar refractivity (Wildman–Crippen MR) is 143 cm³/mol. The van der Waals surface area contributed by atoms with Crippen LogP contribution in [0.5, 0.6) is 5.75 Å². The van der Waals surface area contributed by atoms with Crippen molar-refractivity contribution >= 4 is 34.3 Å². The molecular formula is C28H34ClFN2O2S. The first-order valence-electron chi connectivity index (χ1n) is 12.2. The molecule has 2 aromatic carbocycles. The average Bonchev–Trinajstić information content (AvgIpc) is 2.89. The Kier molecular flexibility index (Phi) is 8.92. The zero-order chi connectivity index (χ0) is 24.8. The van der Waals surface area contributed by atoms with Crippen molar-refractivity contribution < 1.29 is 14.2 Å². The fraction of sp³-hybridized carbons (Fsp3) is 0.464. The number of aliphatic hydroxyl groups excluding tert-OH is 1. The number of hydrogen-bond acceptors (Lipinski definition) is 5. The topological polar surface area (TPSA) is 45.6 Å². The Morgan fingerprint density at radius 2 is 2.00 bits per heavy atom. The van der Waals surface area contributed by atoms with Crippen LogP contribution in [0.15, 0.2) is 53.6 Å².